The molecule has 27 nitrogen and oxygen atoms in total. The van der Waals surface area contributed by atoms with Crippen LogP contribution in [-0.4, -0.2) is 244 Å². The highest BCUT2D eigenvalue weighted by molar-refractivity contribution is 5.86. The summed E-state index contributed by atoms with van der Waals surface area (Å²) >= 11 is 0. The van der Waals surface area contributed by atoms with Gasteiger partial charge >= 0.3 is 11.9 Å². The van der Waals surface area contributed by atoms with E-state index in [1.165, 1.54) is 26.4 Å². The Morgan fingerprint density at radius 2 is 1.08 bits per heavy atom. The summed E-state index contributed by atoms with van der Waals surface area (Å²) in [7, 11) is 15.7. The van der Waals surface area contributed by atoms with E-state index in [9.17, 15) is 34.5 Å². The van der Waals surface area contributed by atoms with Gasteiger partial charge in [-0.05, 0) is 241 Å². The predicted molar refractivity (Wildman–Crippen MR) is 397 cm³/mol. The second-order valence-corrected chi connectivity index (χ2v) is 29.8. The van der Waals surface area contributed by atoms with Gasteiger partial charge in [-0.1, -0.05) is 27.7 Å². The van der Waals surface area contributed by atoms with E-state index < -0.39 is 17.5 Å². The number of aliphatic hydroxyl groups excluding tert-OH is 8. The maximum atomic E-state index is 12.1. The molecule has 4 aliphatic heterocycles. The fourth-order valence-corrected chi connectivity index (χ4v) is 19.4. The number of hydrogen-bond acceptors (Lipinski definition) is 25. The smallest absolute Gasteiger partial charge is 0.331 e. The quantitative estimate of drug-likeness (QED) is 0.0218. The molecule has 2 saturated heterocycles. The van der Waals surface area contributed by atoms with Crippen LogP contribution >= 0.6 is 0 Å². The van der Waals surface area contributed by atoms with E-state index in [0.717, 1.165) is 226 Å². The van der Waals surface area contributed by atoms with Gasteiger partial charge in [-0.2, -0.15) is 5.06 Å². The van der Waals surface area contributed by atoms with E-state index in [4.69, 9.17) is 64.4 Å². The number of fused-ring (bicyclic) bond motifs is 10. The first-order valence-electron chi connectivity index (χ1n) is 37.9. The number of aliphatic hydroxyl groups is 10. The molecule has 8 saturated carbocycles. The van der Waals surface area contributed by atoms with E-state index in [1.54, 1.807) is 50.3 Å². The van der Waals surface area contributed by atoms with E-state index in [-0.39, 0.29) is 76.5 Å². The number of ether oxygens (including phenoxy) is 4. The van der Waals surface area contributed by atoms with Gasteiger partial charge in [0.05, 0.1) is 38.6 Å². The molecule has 15 N–H and O–H groups in total. The van der Waals surface area contributed by atoms with Crippen LogP contribution in [0, 0.1) is 69.0 Å². The molecule has 27 heteroatoms. The molecule has 612 valence electrons. The fraction of sp³-hybridized carbons (Fsp3) is 0.883. The van der Waals surface area contributed by atoms with Crippen molar-refractivity contribution in [2.24, 2.45) is 74.9 Å². The maximum Gasteiger partial charge on any atom is 0.331 e. The number of rotatable bonds is 14. The van der Waals surface area contributed by atoms with Crippen LogP contribution in [0.15, 0.2) is 23.3 Å². The number of nitrogens with one attached hydrogen (secondary N) is 1. The zero-order valence-corrected chi connectivity index (χ0v) is 66.5. The minimum absolute atomic E-state index is 0. The number of Topliss-reactive ketones (excluding diaryl/α,β-unsaturated/α-hetero) is 1. The number of carbonyl (C=O) groups excluding carboxylic acids is 4. The number of unbranched alkanes of at least 4 members (excludes halogenated alkanes) is 4. The Morgan fingerprint density at radius 3 is 1.46 bits per heavy atom. The van der Waals surface area contributed by atoms with Gasteiger partial charge in [0, 0.05) is 118 Å². The molecule has 0 aromatic heterocycles. The van der Waals surface area contributed by atoms with E-state index >= 15 is 0 Å². The highest BCUT2D eigenvalue weighted by atomic mass is 16.7. The molecule has 0 amide bonds. The van der Waals surface area contributed by atoms with Crippen LogP contribution in [0.25, 0.3) is 0 Å². The Bertz CT molecular complexity index is 2430. The Labute approximate surface area is 623 Å². The average molecular weight is 1500 g/mol. The molecule has 12 aliphatic rings. The number of ketones is 1. The van der Waals surface area contributed by atoms with Gasteiger partial charge < -0.3 is 94.8 Å². The molecule has 8 aliphatic carbocycles. The van der Waals surface area contributed by atoms with E-state index in [1.807, 2.05) is 20.3 Å². The van der Waals surface area contributed by atoms with Crippen LogP contribution in [0.1, 0.15) is 220 Å². The highest BCUT2D eigenvalue weighted by Crippen LogP contribution is 2.72. The van der Waals surface area contributed by atoms with Gasteiger partial charge in [0.1, 0.15) is 38.6 Å². The zero-order valence-electron chi connectivity index (χ0n) is 66.5. The number of nitrogens with two attached hydrogens (primary N) is 1. The van der Waals surface area contributed by atoms with Crippen molar-refractivity contribution in [3.63, 3.8) is 0 Å². The lowest BCUT2D eigenvalue weighted by Crippen LogP contribution is -2.62. The molecular weight excluding hydrogens is 1350 g/mol. The van der Waals surface area contributed by atoms with E-state index in [2.05, 4.69) is 48.7 Å². The van der Waals surface area contributed by atoms with Crippen molar-refractivity contribution in [3.8, 4) is 0 Å². The molecule has 0 aromatic rings. The van der Waals surface area contributed by atoms with E-state index in [0.29, 0.717) is 60.9 Å². The summed E-state index contributed by atoms with van der Waals surface area (Å²) < 4.78 is 22.3. The number of hydrogen-bond donors (Lipinski definition) is 12. The summed E-state index contributed by atoms with van der Waals surface area (Å²) in [6, 6.07) is 0. The minimum Gasteiger partial charge on any atom is -0.458 e. The SMILES string of the molecule is CNOC.CO.CO.CO.CO.CO/[N+](C)=C\CCCCO.CON.CON(C)C1CCCCO1.C[C@]12CCC(=O)C[C@H]1CCC1C2CC[C@]2(C)[C@@H](C3=CC(=O)OC3)CC[C@]12O.C[C@]12CC[C@H](O)C[C@H]1CCC1C2CC[C@]2(C)[C@@H](C3=CC(=O)OC3)CC[C@]12O.O.O=CCCCCO.OC1CCCCO1. The largest absolute Gasteiger partial charge is 0.458 e. The number of esters is 2. The standard InChI is InChI=1S/C23H34O4.C23H32O4.C7H15NO2.C7H16NO2.2C5H10O2.C2H7NO.CH5NO.4CH4O.H2O/c2*1-21-8-5-16(24)12-15(21)3-4-19-18(21)6-9-22(2)17(7-10-23(19,22)26)14-11-20(25)27-13-14;1-8(9-2)7-5-3-4-6-10-7;1-8(10-2)6-4-3-5-7-9;6-5-3-1-2-4-7-5;6-4-2-1-3-5-7;1-3-4-2;1-3-2;4*1-2;/h11,15-19,24,26H,3-10,12-13H2,1-2H3;11,15,17-19,26H,3-10,12-13H2,1-2H3;7H,3-6H2,1-2H3;6,9H,3-5,7H2,1-2H3;5-6H,1-4H2;4,7H,1-3,5H2;3H,1-2H3;2H2,1H3;4*2H,1H3;1H2/q;;;+1;;;;;;;;;/b;;;8-6-;;;;;;;;;/t15-,16+,17-,18?,19?,21+,22-,23+;15-,17-,18?,19?,21+,22-,23+;;;;;;;;;;;/m11.........../s1. The molecule has 0 spiro atoms. The Morgan fingerprint density at radius 1 is 0.615 bits per heavy atom. The van der Waals surface area contributed by atoms with Crippen LogP contribution in [0.5, 0.6) is 0 Å². The Balaban J connectivity index is 0.00000127. The normalized spacial score (nSPS) is 34.9. The molecule has 12 rings (SSSR count). The van der Waals surface area contributed by atoms with Crippen molar-refractivity contribution in [3.05, 3.63) is 23.3 Å². The Hall–Kier alpha value is -3.53. The molecule has 0 aromatic carbocycles. The minimum atomic E-state index is -0.650. The van der Waals surface area contributed by atoms with Crippen molar-refractivity contribution in [2.75, 3.05) is 118 Å². The lowest BCUT2D eigenvalue weighted by Gasteiger charge is -2.63. The molecular formula is C77H147N4O23+. The summed E-state index contributed by atoms with van der Waals surface area (Å²) in [5.41, 5.74) is 3.52. The van der Waals surface area contributed by atoms with Gasteiger partial charge in [0.2, 0.25) is 0 Å². The summed E-state index contributed by atoms with van der Waals surface area (Å²) in [5.74, 6) is 7.77. The van der Waals surface area contributed by atoms with Crippen LogP contribution in [-0.2, 0) is 57.5 Å². The van der Waals surface area contributed by atoms with Crippen LogP contribution < -0.4 is 11.4 Å². The summed E-state index contributed by atoms with van der Waals surface area (Å²) in [5, 5.41) is 89.5. The average Bonchev–Trinajstić information content (AvgIpc) is 1.47. The third-order valence-electron chi connectivity index (χ3n) is 25.0. The number of carbonyl (C=O) groups is 4. The summed E-state index contributed by atoms with van der Waals surface area (Å²) in [6.45, 7) is 12.3. The van der Waals surface area contributed by atoms with Crippen molar-refractivity contribution < 1.29 is 119 Å². The monoisotopic (exact) mass is 1500 g/mol. The first kappa shape index (κ1) is 100. The summed E-state index contributed by atoms with van der Waals surface area (Å²) in [4.78, 5) is 62.8. The topological polar surface area (TPSA) is 420 Å². The molecule has 4 heterocycles. The predicted octanol–water partition coefficient (Wildman–Crippen LogP) is 6.58. The fourth-order valence-electron chi connectivity index (χ4n) is 19.4. The molecule has 6 unspecified atom stereocenters. The molecule has 104 heavy (non-hydrogen) atoms. The molecule has 0 radical (unpaired) electrons. The maximum absolute atomic E-state index is 12.1. The van der Waals surface area contributed by atoms with Crippen molar-refractivity contribution >= 4 is 30.2 Å². The van der Waals surface area contributed by atoms with Crippen molar-refractivity contribution in [1.82, 2.24) is 10.5 Å². The van der Waals surface area contributed by atoms with Gasteiger partial charge in [0.15, 0.2) is 19.6 Å². The third-order valence-corrected chi connectivity index (χ3v) is 25.0. The van der Waals surface area contributed by atoms with Gasteiger partial charge in [-0.25, -0.2) is 21.0 Å². The number of cyclic esters (lactones) is 2. The lowest BCUT2D eigenvalue weighted by atomic mass is 9.43. The van der Waals surface area contributed by atoms with Crippen LogP contribution in [0.2, 0.25) is 0 Å². The third kappa shape index (κ3) is 27.2. The molecule has 17 atom stereocenters. The van der Waals surface area contributed by atoms with Crippen LogP contribution in [0.3, 0.4) is 0 Å². The second-order valence-electron chi connectivity index (χ2n) is 29.8. The second kappa shape index (κ2) is 52.6. The first-order chi connectivity index (χ1) is 49.3. The number of hydroxylamine groups is 4. The van der Waals surface area contributed by atoms with Gasteiger partial charge in [0.25, 0.3) is 0 Å². The first-order valence-corrected chi connectivity index (χ1v) is 37.9. The van der Waals surface area contributed by atoms with Crippen molar-refractivity contribution in [2.45, 2.75) is 250 Å². The van der Waals surface area contributed by atoms with Gasteiger partial charge in [-0.3, -0.25) is 9.63 Å². The summed E-state index contributed by atoms with van der Waals surface area (Å²) in [6.07, 6.45) is 35.1. The lowest BCUT2D eigenvalue weighted by molar-refractivity contribution is -0.758. The molecule has 10 fully saturated rings. The van der Waals surface area contributed by atoms with Crippen LogP contribution in [0.4, 0.5) is 0 Å². The highest BCUT2D eigenvalue weighted by Gasteiger charge is 2.69. The Kier molecular flexibility index (Phi) is 50.8. The molecule has 0 bridgehead atoms. The van der Waals surface area contributed by atoms with Crippen molar-refractivity contribution in [1.29, 1.82) is 0 Å². The zero-order chi connectivity index (χ0) is 78.0. The number of nitrogens with zero attached hydrogens (tertiary/aromatic N) is 2. The number of aldehydes is 1. The van der Waals surface area contributed by atoms with Gasteiger partial charge in [-0.15, -0.1) is 0 Å².